The van der Waals surface area contributed by atoms with Crippen LogP contribution in [-0.4, -0.2) is 59.6 Å². The third-order valence-electron chi connectivity index (χ3n) is 8.62. The van der Waals surface area contributed by atoms with Crippen LogP contribution in [0.25, 0.3) is 33.6 Å². The zero-order chi connectivity index (χ0) is 32.9. The Bertz CT molecular complexity index is 1800. The Balaban J connectivity index is 1.23. The average molecular weight is 676 g/mol. The van der Waals surface area contributed by atoms with E-state index in [1.165, 1.54) is 0 Å². The first kappa shape index (κ1) is 32.7. The predicted octanol–water partition coefficient (Wildman–Crippen LogP) is 5.78. The lowest BCUT2D eigenvalue weighted by atomic mass is 9.98. The van der Waals surface area contributed by atoms with Crippen LogP contribution in [0.2, 0.25) is 10.0 Å². The van der Waals surface area contributed by atoms with Gasteiger partial charge in [-0.25, -0.2) is 9.97 Å². The highest BCUT2D eigenvalue weighted by molar-refractivity contribution is 6.39. The third-order valence-corrected chi connectivity index (χ3v) is 9.43. The normalized spacial score (nSPS) is 17.4. The minimum Gasteiger partial charge on any atom is -0.481 e. The van der Waals surface area contributed by atoms with E-state index in [0.29, 0.717) is 64.7 Å². The first-order valence-electron chi connectivity index (χ1n) is 15.7. The number of pyridine rings is 1. The number of rotatable bonds is 12. The number of nitrogens with one attached hydrogen (secondary N) is 3. The van der Waals surface area contributed by atoms with Crippen LogP contribution in [0.5, 0.6) is 11.8 Å². The minimum atomic E-state index is -0.228. The molecule has 0 aliphatic carbocycles. The molecular formula is C35H36Cl2N6O4. The molecule has 0 unspecified atom stereocenters. The number of halogens is 2. The van der Waals surface area contributed by atoms with Crippen LogP contribution in [0.15, 0.2) is 54.7 Å². The lowest BCUT2D eigenvalue weighted by molar-refractivity contribution is -0.121. The van der Waals surface area contributed by atoms with Gasteiger partial charge in [-0.1, -0.05) is 65.7 Å². The highest BCUT2D eigenvalue weighted by Gasteiger charge is 2.24. The van der Waals surface area contributed by atoms with E-state index in [0.717, 1.165) is 53.6 Å². The summed E-state index contributed by atoms with van der Waals surface area (Å²) in [6.45, 7) is 1.12. The van der Waals surface area contributed by atoms with Gasteiger partial charge >= 0.3 is 0 Å². The Kier molecular flexibility index (Phi) is 10.2. The van der Waals surface area contributed by atoms with Crippen LogP contribution in [0.3, 0.4) is 0 Å². The maximum atomic E-state index is 12.0. The standard InChI is InChI=1S/C35H36Cl2N6O4/c1-46-34-20(18-39-27-16-17-38-33(27)45)12-14-26(42-34)24-9-4-7-22(31(24)36)23-8-5-10-25(32(23)37)29-19-40-28(35(43-29)47-2)11-3-6-21-13-15-30(44)41-21/h4-5,7-10,12,14,19,21,27,39H,3,6,11,13,15-18H2,1-2H3,(H,38,45)(H,41,44)/t21-,27+/m1/s1. The van der Waals surface area contributed by atoms with Gasteiger partial charge in [0.05, 0.1) is 47.9 Å². The second-order valence-corrected chi connectivity index (χ2v) is 12.4. The van der Waals surface area contributed by atoms with Gasteiger partial charge < -0.3 is 25.4 Å². The monoisotopic (exact) mass is 674 g/mol. The molecule has 0 bridgehead atoms. The van der Waals surface area contributed by atoms with E-state index in [1.807, 2.05) is 48.5 Å². The number of nitrogens with zero attached hydrogens (tertiary/aromatic N) is 3. The number of aryl methyl sites for hydroxylation is 1. The van der Waals surface area contributed by atoms with Crippen LogP contribution in [0.4, 0.5) is 0 Å². The van der Waals surface area contributed by atoms with Crippen molar-refractivity contribution >= 4 is 35.0 Å². The molecule has 12 heteroatoms. The molecule has 2 aromatic carbocycles. The molecule has 2 fully saturated rings. The zero-order valence-electron chi connectivity index (χ0n) is 26.2. The molecular weight excluding hydrogens is 639 g/mol. The summed E-state index contributed by atoms with van der Waals surface area (Å²) in [5.74, 6) is 1.03. The van der Waals surface area contributed by atoms with Crippen molar-refractivity contribution in [3.8, 4) is 45.4 Å². The van der Waals surface area contributed by atoms with Gasteiger partial charge in [-0.2, -0.15) is 0 Å². The molecule has 4 aromatic rings. The average Bonchev–Trinajstić information content (AvgIpc) is 3.70. The van der Waals surface area contributed by atoms with Crippen molar-refractivity contribution in [2.45, 2.75) is 57.2 Å². The van der Waals surface area contributed by atoms with Crippen LogP contribution < -0.4 is 25.4 Å². The Hall–Kier alpha value is -4.25. The lowest BCUT2D eigenvalue weighted by Crippen LogP contribution is -2.35. The minimum absolute atomic E-state index is 0.00580. The fourth-order valence-electron chi connectivity index (χ4n) is 6.10. The third kappa shape index (κ3) is 7.20. The van der Waals surface area contributed by atoms with E-state index in [2.05, 4.69) is 20.9 Å². The number of hydrogen-bond acceptors (Lipinski definition) is 8. The van der Waals surface area contributed by atoms with Crippen molar-refractivity contribution in [1.82, 2.24) is 30.9 Å². The summed E-state index contributed by atoms with van der Waals surface area (Å²) >= 11 is 14.1. The summed E-state index contributed by atoms with van der Waals surface area (Å²) in [6.07, 6.45) is 6.36. The number of ether oxygens (including phenoxy) is 2. The molecule has 2 saturated heterocycles. The molecule has 4 heterocycles. The molecule has 6 rings (SSSR count). The molecule has 0 spiro atoms. The topological polar surface area (TPSA) is 127 Å². The zero-order valence-corrected chi connectivity index (χ0v) is 27.8. The van der Waals surface area contributed by atoms with Crippen LogP contribution in [0.1, 0.15) is 43.4 Å². The highest BCUT2D eigenvalue weighted by atomic mass is 35.5. The van der Waals surface area contributed by atoms with Crippen molar-refractivity contribution in [3.05, 3.63) is 76.0 Å². The largest absolute Gasteiger partial charge is 0.481 e. The molecule has 2 amide bonds. The molecule has 2 aromatic heterocycles. The van der Waals surface area contributed by atoms with Crippen LogP contribution in [-0.2, 0) is 22.6 Å². The number of hydrogen-bond donors (Lipinski definition) is 3. The number of amides is 2. The Morgan fingerprint density at radius 1 is 0.872 bits per heavy atom. The smallest absolute Gasteiger partial charge is 0.237 e. The molecule has 244 valence electrons. The predicted molar refractivity (Wildman–Crippen MR) is 182 cm³/mol. The van der Waals surface area contributed by atoms with E-state index < -0.39 is 0 Å². The fraction of sp³-hybridized carbons (Fsp3) is 0.343. The Morgan fingerprint density at radius 2 is 1.55 bits per heavy atom. The first-order chi connectivity index (χ1) is 22.9. The second-order valence-electron chi connectivity index (χ2n) is 11.6. The van der Waals surface area contributed by atoms with Crippen molar-refractivity contribution in [2.75, 3.05) is 20.8 Å². The summed E-state index contributed by atoms with van der Waals surface area (Å²) in [5.41, 5.74) is 5.72. The number of carbonyl (C=O) groups excluding carboxylic acids is 2. The quantitative estimate of drug-likeness (QED) is 0.173. The van der Waals surface area contributed by atoms with Gasteiger partial charge in [0.1, 0.15) is 5.69 Å². The summed E-state index contributed by atoms with van der Waals surface area (Å²) in [4.78, 5) is 37.7. The molecule has 47 heavy (non-hydrogen) atoms. The highest BCUT2D eigenvalue weighted by Crippen LogP contribution is 2.42. The fourth-order valence-corrected chi connectivity index (χ4v) is 6.75. The molecule has 3 N–H and O–H groups in total. The van der Waals surface area contributed by atoms with Crippen molar-refractivity contribution < 1.29 is 19.1 Å². The first-order valence-corrected chi connectivity index (χ1v) is 16.4. The molecule has 0 saturated carbocycles. The summed E-state index contributed by atoms with van der Waals surface area (Å²) in [5, 5.41) is 10.1. The lowest BCUT2D eigenvalue weighted by Gasteiger charge is -2.16. The molecule has 2 aliphatic heterocycles. The van der Waals surface area contributed by atoms with Crippen molar-refractivity contribution in [3.63, 3.8) is 0 Å². The summed E-state index contributed by atoms with van der Waals surface area (Å²) in [6, 6.07) is 15.3. The van der Waals surface area contributed by atoms with Gasteiger partial charge in [0, 0.05) is 53.4 Å². The summed E-state index contributed by atoms with van der Waals surface area (Å²) in [7, 11) is 3.15. The Labute approximate surface area is 283 Å². The SMILES string of the molecule is COc1nc(-c2cccc(-c3cccc(-c4cnc(CCC[C@@H]5CCC(=O)N5)c(OC)n4)c3Cl)c2Cl)ccc1CN[C@H]1CCNC1=O. The van der Waals surface area contributed by atoms with E-state index in [1.54, 1.807) is 20.4 Å². The van der Waals surface area contributed by atoms with Gasteiger partial charge in [0.15, 0.2) is 0 Å². The number of aromatic nitrogens is 3. The van der Waals surface area contributed by atoms with Gasteiger partial charge in [0.2, 0.25) is 23.6 Å². The van der Waals surface area contributed by atoms with Gasteiger partial charge in [-0.05, 0) is 38.2 Å². The van der Waals surface area contributed by atoms with E-state index >= 15 is 0 Å². The maximum Gasteiger partial charge on any atom is 0.237 e. The molecule has 10 nitrogen and oxygen atoms in total. The summed E-state index contributed by atoms with van der Waals surface area (Å²) < 4.78 is 11.2. The van der Waals surface area contributed by atoms with Gasteiger partial charge in [-0.15, -0.1) is 0 Å². The maximum absolute atomic E-state index is 12.0. The van der Waals surface area contributed by atoms with E-state index in [4.69, 9.17) is 42.6 Å². The second kappa shape index (κ2) is 14.7. The molecule has 2 atom stereocenters. The van der Waals surface area contributed by atoms with E-state index in [9.17, 15) is 9.59 Å². The molecule has 0 radical (unpaired) electrons. The van der Waals surface area contributed by atoms with E-state index in [-0.39, 0.29) is 23.9 Å². The van der Waals surface area contributed by atoms with Crippen molar-refractivity contribution in [2.24, 2.45) is 0 Å². The van der Waals surface area contributed by atoms with Gasteiger partial charge in [0.25, 0.3) is 0 Å². The number of carbonyl (C=O) groups is 2. The van der Waals surface area contributed by atoms with Crippen molar-refractivity contribution in [1.29, 1.82) is 0 Å². The van der Waals surface area contributed by atoms with Crippen LogP contribution >= 0.6 is 23.2 Å². The van der Waals surface area contributed by atoms with Crippen LogP contribution in [0, 0.1) is 0 Å². The number of benzene rings is 2. The van der Waals surface area contributed by atoms with Gasteiger partial charge in [-0.3, -0.25) is 14.6 Å². The Morgan fingerprint density at radius 3 is 2.19 bits per heavy atom. The number of methoxy groups -OCH3 is 2. The molecule has 2 aliphatic rings.